The number of aromatic nitrogens is 3. The topological polar surface area (TPSA) is 77.0 Å². The van der Waals surface area contributed by atoms with Crippen LogP contribution in [0.2, 0.25) is 0 Å². The fourth-order valence-electron chi connectivity index (χ4n) is 1.95. The van der Waals surface area contributed by atoms with Gasteiger partial charge >= 0.3 is 0 Å². The summed E-state index contributed by atoms with van der Waals surface area (Å²) in [5.41, 5.74) is 1.70. The molecule has 0 saturated heterocycles. The fourth-order valence-corrected chi connectivity index (χ4v) is 3.38. The maximum Gasteiger partial charge on any atom is 0.232 e. The highest BCUT2D eigenvalue weighted by atomic mass is 32.1. The van der Waals surface area contributed by atoms with E-state index in [1.165, 1.54) is 22.7 Å². The van der Waals surface area contributed by atoms with Crippen LogP contribution < -0.4 is 10.1 Å². The molecule has 0 fully saturated rings. The van der Waals surface area contributed by atoms with Crippen molar-refractivity contribution >= 4 is 33.7 Å². The lowest BCUT2D eigenvalue weighted by atomic mass is 10.2. The monoisotopic (exact) mass is 346 g/mol. The molecule has 2 heterocycles. The van der Waals surface area contributed by atoms with Gasteiger partial charge in [-0.1, -0.05) is 23.5 Å². The fraction of sp³-hybridized carbons (Fsp3) is 0.200. The van der Waals surface area contributed by atoms with Crippen molar-refractivity contribution in [3.63, 3.8) is 0 Å². The van der Waals surface area contributed by atoms with Gasteiger partial charge in [-0.15, -0.1) is 21.5 Å². The van der Waals surface area contributed by atoms with Crippen molar-refractivity contribution in [2.45, 2.75) is 13.3 Å². The van der Waals surface area contributed by atoms with Gasteiger partial charge in [-0.2, -0.15) is 0 Å². The minimum Gasteiger partial charge on any atom is -0.497 e. The molecule has 0 aliphatic rings. The van der Waals surface area contributed by atoms with Gasteiger partial charge in [0.2, 0.25) is 11.0 Å². The van der Waals surface area contributed by atoms with E-state index in [9.17, 15) is 4.79 Å². The first-order valence-corrected chi connectivity index (χ1v) is 8.52. The number of aryl methyl sites for hydroxylation is 1. The molecule has 0 radical (unpaired) electrons. The molecule has 3 aromatic rings. The molecule has 0 saturated carbocycles. The average Bonchev–Trinajstić information content (AvgIpc) is 3.16. The van der Waals surface area contributed by atoms with E-state index in [1.807, 2.05) is 36.6 Å². The summed E-state index contributed by atoms with van der Waals surface area (Å²) in [6, 6.07) is 7.69. The molecule has 0 bridgehead atoms. The number of thiazole rings is 1. The predicted octanol–water partition coefficient (Wildman–Crippen LogP) is 3.16. The number of hydrogen-bond acceptors (Lipinski definition) is 7. The molecule has 0 unspecified atom stereocenters. The van der Waals surface area contributed by atoms with Crippen LogP contribution >= 0.6 is 22.7 Å². The molecule has 1 amide bonds. The average molecular weight is 346 g/mol. The number of amides is 1. The highest BCUT2D eigenvalue weighted by Crippen LogP contribution is 2.27. The van der Waals surface area contributed by atoms with E-state index in [1.54, 1.807) is 7.11 Å². The first kappa shape index (κ1) is 15.6. The van der Waals surface area contributed by atoms with E-state index in [4.69, 9.17) is 4.74 Å². The number of nitrogens with zero attached hydrogens (tertiary/aromatic N) is 3. The second-order valence-corrected chi connectivity index (χ2v) is 6.77. The van der Waals surface area contributed by atoms with E-state index in [2.05, 4.69) is 20.5 Å². The van der Waals surface area contributed by atoms with Crippen LogP contribution in [-0.4, -0.2) is 28.2 Å². The summed E-state index contributed by atoms with van der Waals surface area (Å²) in [7, 11) is 1.63. The number of benzene rings is 1. The molecule has 0 aliphatic carbocycles. The van der Waals surface area contributed by atoms with E-state index < -0.39 is 0 Å². The first-order chi connectivity index (χ1) is 11.1. The molecule has 23 heavy (non-hydrogen) atoms. The third kappa shape index (κ3) is 3.91. The Kier molecular flexibility index (Phi) is 4.63. The van der Waals surface area contributed by atoms with Gasteiger partial charge in [0.15, 0.2) is 0 Å². The normalized spacial score (nSPS) is 10.5. The molecule has 0 spiro atoms. The van der Waals surface area contributed by atoms with Crippen LogP contribution in [0, 0.1) is 6.92 Å². The number of rotatable bonds is 5. The standard InChI is InChI=1S/C15H14N4O2S2/c1-9-18-19-15(23-9)17-13(20)7-11-8-22-14(16-11)10-4-3-5-12(6-10)21-2/h3-6,8H,7H2,1-2H3,(H,17,19,20). The van der Waals surface area contributed by atoms with Crippen LogP contribution in [0.1, 0.15) is 10.7 Å². The quantitative estimate of drug-likeness (QED) is 0.768. The molecule has 1 aromatic carbocycles. The lowest BCUT2D eigenvalue weighted by Gasteiger charge is -2.01. The minimum atomic E-state index is -0.149. The van der Waals surface area contributed by atoms with Crippen molar-refractivity contribution in [3.8, 4) is 16.3 Å². The Balaban J connectivity index is 1.68. The molecule has 118 valence electrons. The van der Waals surface area contributed by atoms with Gasteiger partial charge in [0.25, 0.3) is 0 Å². The largest absolute Gasteiger partial charge is 0.497 e. The zero-order valence-corrected chi connectivity index (χ0v) is 14.2. The SMILES string of the molecule is COc1cccc(-c2nc(CC(=O)Nc3nnc(C)s3)cs2)c1. The lowest BCUT2D eigenvalue weighted by molar-refractivity contribution is -0.115. The van der Waals surface area contributed by atoms with Crippen molar-refractivity contribution in [2.75, 3.05) is 12.4 Å². The molecular formula is C15H14N4O2S2. The second kappa shape index (κ2) is 6.84. The summed E-state index contributed by atoms with van der Waals surface area (Å²) in [5, 5.41) is 14.5. The summed E-state index contributed by atoms with van der Waals surface area (Å²) in [5.74, 6) is 0.632. The van der Waals surface area contributed by atoms with Gasteiger partial charge in [-0.3, -0.25) is 4.79 Å². The smallest absolute Gasteiger partial charge is 0.232 e. The molecular weight excluding hydrogens is 332 g/mol. The Morgan fingerprint density at radius 3 is 2.96 bits per heavy atom. The predicted molar refractivity (Wildman–Crippen MR) is 91.1 cm³/mol. The molecule has 3 rings (SSSR count). The number of carbonyl (C=O) groups is 1. The molecule has 0 aliphatic heterocycles. The number of ether oxygens (including phenoxy) is 1. The summed E-state index contributed by atoms with van der Waals surface area (Å²) in [4.78, 5) is 16.5. The molecule has 6 nitrogen and oxygen atoms in total. The van der Waals surface area contributed by atoms with Crippen LogP contribution in [0.15, 0.2) is 29.6 Å². The Bertz CT molecular complexity index is 828. The Labute approximate surface area is 141 Å². The van der Waals surface area contributed by atoms with Crippen LogP contribution in [-0.2, 0) is 11.2 Å². The van der Waals surface area contributed by atoms with Crippen LogP contribution in [0.25, 0.3) is 10.6 Å². The Hall–Kier alpha value is -2.32. The zero-order valence-electron chi connectivity index (χ0n) is 12.6. The van der Waals surface area contributed by atoms with E-state index in [-0.39, 0.29) is 12.3 Å². The van der Waals surface area contributed by atoms with Crippen LogP contribution in [0.5, 0.6) is 5.75 Å². The lowest BCUT2D eigenvalue weighted by Crippen LogP contribution is -2.14. The van der Waals surface area contributed by atoms with Crippen molar-refractivity contribution in [3.05, 3.63) is 40.3 Å². The van der Waals surface area contributed by atoms with E-state index in [0.29, 0.717) is 5.13 Å². The number of carbonyl (C=O) groups excluding carboxylic acids is 1. The summed E-state index contributed by atoms with van der Waals surface area (Å²) in [6.45, 7) is 1.84. The first-order valence-electron chi connectivity index (χ1n) is 6.83. The highest BCUT2D eigenvalue weighted by molar-refractivity contribution is 7.15. The number of nitrogens with one attached hydrogen (secondary N) is 1. The van der Waals surface area contributed by atoms with Gasteiger partial charge in [-0.25, -0.2) is 4.98 Å². The number of anilines is 1. The maximum atomic E-state index is 12.0. The second-order valence-electron chi connectivity index (χ2n) is 4.73. The molecule has 0 atom stereocenters. The minimum absolute atomic E-state index is 0.149. The van der Waals surface area contributed by atoms with Crippen molar-refractivity contribution < 1.29 is 9.53 Å². The third-order valence-corrected chi connectivity index (χ3v) is 4.68. The number of hydrogen-bond donors (Lipinski definition) is 1. The van der Waals surface area contributed by atoms with Crippen molar-refractivity contribution in [2.24, 2.45) is 0 Å². The molecule has 8 heteroatoms. The van der Waals surface area contributed by atoms with Crippen LogP contribution in [0.3, 0.4) is 0 Å². The van der Waals surface area contributed by atoms with Gasteiger partial charge in [0, 0.05) is 10.9 Å². The summed E-state index contributed by atoms with van der Waals surface area (Å²) in [6.07, 6.45) is 0.207. The van der Waals surface area contributed by atoms with Gasteiger partial charge in [0.05, 0.1) is 19.2 Å². The van der Waals surface area contributed by atoms with Crippen molar-refractivity contribution in [1.82, 2.24) is 15.2 Å². The van der Waals surface area contributed by atoms with Crippen molar-refractivity contribution in [1.29, 1.82) is 0 Å². The van der Waals surface area contributed by atoms with E-state index in [0.717, 1.165) is 27.0 Å². The Morgan fingerprint density at radius 2 is 2.22 bits per heavy atom. The number of methoxy groups -OCH3 is 1. The summed E-state index contributed by atoms with van der Waals surface area (Å²) >= 11 is 2.85. The third-order valence-electron chi connectivity index (χ3n) is 2.98. The summed E-state index contributed by atoms with van der Waals surface area (Å²) < 4.78 is 5.22. The molecule has 2 aromatic heterocycles. The highest BCUT2D eigenvalue weighted by Gasteiger charge is 2.11. The van der Waals surface area contributed by atoms with Gasteiger partial charge < -0.3 is 10.1 Å². The Morgan fingerprint density at radius 1 is 1.35 bits per heavy atom. The van der Waals surface area contributed by atoms with Gasteiger partial charge in [-0.05, 0) is 19.1 Å². The van der Waals surface area contributed by atoms with E-state index >= 15 is 0 Å². The van der Waals surface area contributed by atoms with Crippen LogP contribution in [0.4, 0.5) is 5.13 Å². The van der Waals surface area contributed by atoms with Gasteiger partial charge in [0.1, 0.15) is 15.8 Å². The zero-order chi connectivity index (χ0) is 16.2. The maximum absolute atomic E-state index is 12.0. The molecule has 1 N–H and O–H groups in total.